The lowest BCUT2D eigenvalue weighted by Gasteiger charge is -2.53. The van der Waals surface area contributed by atoms with E-state index in [-0.39, 0.29) is 30.5 Å². The number of hydrogen-bond donors (Lipinski definition) is 6. The van der Waals surface area contributed by atoms with Crippen LogP contribution in [0.15, 0.2) is 0 Å². The maximum absolute atomic E-state index is 12.8. The van der Waals surface area contributed by atoms with Crippen LogP contribution in [-0.2, 0) is 14.3 Å². The number of rotatable bonds is 7. The summed E-state index contributed by atoms with van der Waals surface area (Å²) >= 11 is 0. The standard InChI is InChI=1S/C21H38O9/c1-6-15-10(3)16(9(2)11(4)29-15)20(28)21(12(5)23)7-13(24)17(26)19(30-21)18(27)14(25)8-22/h9-11,13-20,22,24-28H,6-8H2,1-5H3/t9-,10-,11-,13+,14?,15?,16?,17-,18?,19?,20?,21-/m1/s1. The summed E-state index contributed by atoms with van der Waals surface area (Å²) in [7, 11) is 0. The Labute approximate surface area is 177 Å². The predicted molar refractivity (Wildman–Crippen MR) is 106 cm³/mol. The van der Waals surface area contributed by atoms with Crippen molar-refractivity contribution in [2.75, 3.05) is 6.61 Å². The van der Waals surface area contributed by atoms with Crippen molar-refractivity contribution in [3.05, 3.63) is 0 Å². The molecule has 0 spiro atoms. The lowest BCUT2D eigenvalue weighted by molar-refractivity contribution is -0.280. The highest BCUT2D eigenvalue weighted by molar-refractivity contribution is 5.86. The van der Waals surface area contributed by atoms with Crippen LogP contribution in [0.3, 0.4) is 0 Å². The Balaban J connectivity index is 2.45. The van der Waals surface area contributed by atoms with Gasteiger partial charge in [-0.15, -0.1) is 0 Å². The number of aliphatic hydroxyl groups is 6. The summed E-state index contributed by atoms with van der Waals surface area (Å²) in [6.07, 6.45) is -9.35. The maximum atomic E-state index is 12.8. The van der Waals surface area contributed by atoms with E-state index in [0.717, 1.165) is 6.42 Å². The molecule has 2 heterocycles. The lowest BCUT2D eigenvalue weighted by atomic mass is 9.65. The Kier molecular flexibility index (Phi) is 8.43. The van der Waals surface area contributed by atoms with Gasteiger partial charge in [0.25, 0.3) is 0 Å². The average molecular weight is 435 g/mol. The summed E-state index contributed by atoms with van der Waals surface area (Å²) < 4.78 is 11.9. The number of Topliss-reactive ketones (excluding diaryl/α,β-unsaturated/α-hetero) is 1. The quantitative estimate of drug-likeness (QED) is 0.295. The van der Waals surface area contributed by atoms with Gasteiger partial charge < -0.3 is 40.1 Å². The molecule has 2 aliphatic rings. The summed E-state index contributed by atoms with van der Waals surface area (Å²) in [6, 6.07) is 0. The van der Waals surface area contributed by atoms with Crippen LogP contribution in [0.25, 0.3) is 0 Å². The van der Waals surface area contributed by atoms with E-state index in [2.05, 4.69) is 0 Å². The first-order chi connectivity index (χ1) is 13.9. The molecule has 0 amide bonds. The third-order valence-corrected chi connectivity index (χ3v) is 7.28. The first-order valence-electron chi connectivity index (χ1n) is 10.8. The Morgan fingerprint density at radius 2 is 1.73 bits per heavy atom. The molecule has 2 aliphatic heterocycles. The Hall–Kier alpha value is -0.650. The molecule has 9 heteroatoms. The van der Waals surface area contributed by atoms with Crippen molar-refractivity contribution >= 4 is 5.78 Å². The molecule has 6 unspecified atom stereocenters. The van der Waals surface area contributed by atoms with Crippen molar-refractivity contribution in [3.63, 3.8) is 0 Å². The van der Waals surface area contributed by atoms with Crippen LogP contribution >= 0.6 is 0 Å². The minimum Gasteiger partial charge on any atom is -0.394 e. The molecule has 0 saturated carbocycles. The van der Waals surface area contributed by atoms with Crippen molar-refractivity contribution in [1.29, 1.82) is 0 Å². The number of carbonyl (C=O) groups is 1. The van der Waals surface area contributed by atoms with Crippen LogP contribution in [-0.4, -0.2) is 97.5 Å². The minimum atomic E-state index is -1.89. The molecule has 12 atom stereocenters. The van der Waals surface area contributed by atoms with Gasteiger partial charge in [-0.05, 0) is 38.0 Å². The van der Waals surface area contributed by atoms with Crippen molar-refractivity contribution in [2.45, 2.75) is 102 Å². The topological polar surface area (TPSA) is 157 Å². The summed E-state index contributed by atoms with van der Waals surface area (Å²) in [5, 5.41) is 61.7. The van der Waals surface area contributed by atoms with E-state index in [4.69, 9.17) is 14.6 Å². The third-order valence-electron chi connectivity index (χ3n) is 7.28. The van der Waals surface area contributed by atoms with Gasteiger partial charge in [-0.2, -0.15) is 0 Å². The molecule has 6 N–H and O–H groups in total. The van der Waals surface area contributed by atoms with E-state index in [0.29, 0.717) is 0 Å². The van der Waals surface area contributed by atoms with E-state index >= 15 is 0 Å². The monoisotopic (exact) mass is 434 g/mol. The summed E-state index contributed by atoms with van der Waals surface area (Å²) in [5.74, 6) is -1.21. The van der Waals surface area contributed by atoms with Crippen molar-refractivity contribution in [3.8, 4) is 0 Å². The zero-order chi connectivity index (χ0) is 23.0. The molecule has 9 nitrogen and oxygen atoms in total. The highest BCUT2D eigenvalue weighted by Crippen LogP contribution is 2.45. The molecule has 2 rings (SSSR count). The second-order valence-corrected chi connectivity index (χ2v) is 9.06. The van der Waals surface area contributed by atoms with E-state index in [1.807, 2.05) is 27.7 Å². The predicted octanol–water partition coefficient (Wildman–Crippen LogP) is -1.01. The lowest BCUT2D eigenvalue weighted by Crippen LogP contribution is -2.69. The van der Waals surface area contributed by atoms with Crippen molar-refractivity contribution in [1.82, 2.24) is 0 Å². The molecular weight excluding hydrogens is 396 g/mol. The Morgan fingerprint density at radius 1 is 1.13 bits per heavy atom. The minimum absolute atomic E-state index is 0.119. The van der Waals surface area contributed by atoms with E-state index in [9.17, 15) is 30.3 Å². The molecular formula is C21H38O9. The fraction of sp³-hybridized carbons (Fsp3) is 0.952. The van der Waals surface area contributed by atoms with Crippen LogP contribution in [0, 0.1) is 17.8 Å². The molecule has 176 valence electrons. The largest absolute Gasteiger partial charge is 0.394 e. The van der Waals surface area contributed by atoms with Gasteiger partial charge in [0.1, 0.15) is 24.4 Å². The van der Waals surface area contributed by atoms with Gasteiger partial charge in [-0.25, -0.2) is 0 Å². The van der Waals surface area contributed by atoms with Gasteiger partial charge >= 0.3 is 0 Å². The number of aliphatic hydroxyl groups excluding tert-OH is 6. The first-order valence-corrected chi connectivity index (χ1v) is 10.8. The second-order valence-electron chi connectivity index (χ2n) is 9.06. The molecule has 0 aromatic rings. The molecule has 2 fully saturated rings. The smallest absolute Gasteiger partial charge is 0.164 e. The van der Waals surface area contributed by atoms with Crippen LogP contribution in [0.2, 0.25) is 0 Å². The van der Waals surface area contributed by atoms with E-state index in [1.165, 1.54) is 6.92 Å². The van der Waals surface area contributed by atoms with Crippen LogP contribution < -0.4 is 0 Å². The highest BCUT2D eigenvalue weighted by atomic mass is 16.6. The van der Waals surface area contributed by atoms with E-state index in [1.54, 1.807) is 0 Å². The van der Waals surface area contributed by atoms with Gasteiger partial charge in [0, 0.05) is 6.42 Å². The number of ketones is 1. The zero-order valence-electron chi connectivity index (χ0n) is 18.4. The normalized spacial score (nSPS) is 45.6. The summed E-state index contributed by atoms with van der Waals surface area (Å²) in [6.45, 7) is 8.18. The molecule has 0 aromatic heterocycles. The van der Waals surface area contributed by atoms with Crippen LogP contribution in [0.4, 0.5) is 0 Å². The second kappa shape index (κ2) is 9.87. The number of ether oxygens (including phenoxy) is 2. The SMILES string of the molecule is CCC1O[C@H](C)[C@@H](C)C(C(O)[C@]2(C(C)=O)C[C@H](O)[C@@H](O)C(C(O)C(O)CO)O2)[C@@H]1C. The molecule has 0 aromatic carbocycles. The average Bonchev–Trinajstić information content (AvgIpc) is 2.71. The molecule has 0 bridgehead atoms. The fourth-order valence-electron chi connectivity index (χ4n) is 5.15. The fourth-order valence-corrected chi connectivity index (χ4v) is 5.15. The van der Waals surface area contributed by atoms with Crippen molar-refractivity contribution in [2.24, 2.45) is 17.8 Å². The van der Waals surface area contributed by atoms with Gasteiger partial charge in [0.05, 0.1) is 31.0 Å². The first kappa shape index (κ1) is 25.6. The summed E-state index contributed by atoms with van der Waals surface area (Å²) in [4.78, 5) is 12.8. The Bertz CT molecular complexity index is 587. The Morgan fingerprint density at radius 3 is 2.23 bits per heavy atom. The van der Waals surface area contributed by atoms with Crippen LogP contribution in [0.5, 0.6) is 0 Å². The van der Waals surface area contributed by atoms with Gasteiger partial charge in [-0.3, -0.25) is 4.79 Å². The molecule has 0 radical (unpaired) electrons. The van der Waals surface area contributed by atoms with Crippen LogP contribution in [0.1, 0.15) is 47.5 Å². The van der Waals surface area contributed by atoms with Gasteiger partial charge in [0.15, 0.2) is 11.4 Å². The van der Waals surface area contributed by atoms with Crippen molar-refractivity contribution < 1.29 is 44.9 Å². The zero-order valence-corrected chi connectivity index (χ0v) is 18.4. The molecule has 0 aliphatic carbocycles. The molecule has 30 heavy (non-hydrogen) atoms. The number of carbonyl (C=O) groups excluding carboxylic acids is 1. The van der Waals surface area contributed by atoms with Gasteiger partial charge in [-0.1, -0.05) is 20.8 Å². The third kappa shape index (κ3) is 4.45. The van der Waals surface area contributed by atoms with E-state index < -0.39 is 60.5 Å². The number of hydrogen-bond acceptors (Lipinski definition) is 9. The maximum Gasteiger partial charge on any atom is 0.164 e. The summed E-state index contributed by atoms with van der Waals surface area (Å²) in [5.41, 5.74) is -1.89. The highest BCUT2D eigenvalue weighted by Gasteiger charge is 2.59. The molecule has 2 saturated heterocycles. The van der Waals surface area contributed by atoms with Gasteiger partial charge in [0.2, 0.25) is 0 Å².